The molecular formula is C23H30N2O4. The Bertz CT molecular complexity index is 864. The Hall–Kier alpha value is -2.86. The lowest BCUT2D eigenvalue weighted by atomic mass is 10.1. The minimum absolute atomic E-state index is 0.240. The molecule has 0 aliphatic heterocycles. The Morgan fingerprint density at radius 1 is 1.10 bits per heavy atom. The molecule has 29 heavy (non-hydrogen) atoms. The maximum Gasteiger partial charge on any atom is 0.265 e. The van der Waals surface area contributed by atoms with Crippen LogP contribution in [0, 0.1) is 20.8 Å². The quantitative estimate of drug-likeness (QED) is 0.630. The Morgan fingerprint density at radius 3 is 2.55 bits per heavy atom. The van der Waals surface area contributed by atoms with Gasteiger partial charge in [-0.15, -0.1) is 0 Å². The van der Waals surface area contributed by atoms with E-state index in [4.69, 9.17) is 9.47 Å². The number of amides is 2. The summed E-state index contributed by atoms with van der Waals surface area (Å²) in [5.41, 5.74) is 4.06. The summed E-state index contributed by atoms with van der Waals surface area (Å²) >= 11 is 0. The minimum atomic E-state index is -0.715. The molecule has 0 heterocycles. The number of anilines is 1. The van der Waals surface area contributed by atoms with Gasteiger partial charge in [0.1, 0.15) is 5.75 Å². The minimum Gasteiger partial charge on any atom is -0.481 e. The predicted octanol–water partition coefficient (Wildman–Crippen LogP) is 3.78. The molecule has 0 aliphatic carbocycles. The van der Waals surface area contributed by atoms with Crippen LogP contribution in [0.3, 0.4) is 0 Å². The Labute approximate surface area is 172 Å². The molecule has 2 aromatic carbocycles. The van der Waals surface area contributed by atoms with Crippen molar-refractivity contribution in [3.05, 3.63) is 58.7 Å². The van der Waals surface area contributed by atoms with Crippen LogP contribution in [0.25, 0.3) is 0 Å². The predicted molar refractivity (Wildman–Crippen MR) is 115 cm³/mol. The van der Waals surface area contributed by atoms with Gasteiger partial charge in [0.15, 0.2) is 6.10 Å². The summed E-state index contributed by atoms with van der Waals surface area (Å²) in [6.07, 6.45) is 0.00407. The second-order valence-corrected chi connectivity index (χ2v) is 7.10. The molecule has 2 aromatic rings. The fourth-order valence-electron chi connectivity index (χ4n) is 2.91. The van der Waals surface area contributed by atoms with E-state index in [1.54, 1.807) is 38.3 Å². The average Bonchev–Trinajstić information content (AvgIpc) is 2.69. The number of rotatable bonds is 9. The summed E-state index contributed by atoms with van der Waals surface area (Å²) < 4.78 is 10.9. The lowest BCUT2D eigenvalue weighted by Gasteiger charge is -2.19. The van der Waals surface area contributed by atoms with E-state index >= 15 is 0 Å². The Balaban J connectivity index is 2.06. The maximum absolute atomic E-state index is 12.7. The number of hydrogen-bond acceptors (Lipinski definition) is 4. The number of para-hydroxylation sites is 1. The number of aryl methyl sites for hydroxylation is 2. The SMILES string of the molecule is COCCCNC(=O)c1ccccc1NC(=O)[C@@H](C)Oc1cc(C)cc(C)c1C. The Kier molecular flexibility index (Phi) is 8.21. The summed E-state index contributed by atoms with van der Waals surface area (Å²) in [4.78, 5) is 25.1. The van der Waals surface area contributed by atoms with E-state index in [2.05, 4.69) is 16.7 Å². The lowest BCUT2D eigenvalue weighted by molar-refractivity contribution is -0.122. The van der Waals surface area contributed by atoms with Crippen LogP contribution in [0.1, 0.15) is 40.4 Å². The van der Waals surface area contributed by atoms with Gasteiger partial charge in [-0.1, -0.05) is 18.2 Å². The number of ether oxygens (including phenoxy) is 2. The topological polar surface area (TPSA) is 76.7 Å². The van der Waals surface area contributed by atoms with Gasteiger partial charge in [0.25, 0.3) is 11.8 Å². The van der Waals surface area contributed by atoms with Gasteiger partial charge in [0.05, 0.1) is 11.3 Å². The molecule has 1 atom stereocenters. The fourth-order valence-corrected chi connectivity index (χ4v) is 2.91. The number of benzene rings is 2. The highest BCUT2D eigenvalue weighted by Gasteiger charge is 2.19. The number of methoxy groups -OCH3 is 1. The first-order valence-electron chi connectivity index (χ1n) is 9.75. The second-order valence-electron chi connectivity index (χ2n) is 7.10. The molecular weight excluding hydrogens is 368 g/mol. The highest BCUT2D eigenvalue weighted by atomic mass is 16.5. The molecule has 156 valence electrons. The zero-order chi connectivity index (χ0) is 21.4. The molecule has 0 saturated heterocycles. The van der Waals surface area contributed by atoms with Crippen molar-refractivity contribution in [3.63, 3.8) is 0 Å². The van der Waals surface area contributed by atoms with E-state index in [9.17, 15) is 9.59 Å². The third kappa shape index (κ3) is 6.32. The van der Waals surface area contributed by atoms with Gasteiger partial charge in [-0.3, -0.25) is 9.59 Å². The molecule has 0 aliphatic rings. The second kappa shape index (κ2) is 10.6. The van der Waals surface area contributed by atoms with Gasteiger partial charge in [0, 0.05) is 20.3 Å². The normalized spacial score (nSPS) is 11.6. The summed E-state index contributed by atoms with van der Waals surface area (Å²) in [6.45, 7) is 8.75. The van der Waals surface area contributed by atoms with Crippen molar-refractivity contribution in [1.82, 2.24) is 5.32 Å². The van der Waals surface area contributed by atoms with Crippen LogP contribution in [-0.2, 0) is 9.53 Å². The summed E-state index contributed by atoms with van der Waals surface area (Å²) in [6, 6.07) is 10.9. The molecule has 2 amide bonds. The van der Waals surface area contributed by atoms with Gasteiger partial charge < -0.3 is 20.1 Å². The van der Waals surface area contributed by atoms with E-state index in [0.717, 1.165) is 23.1 Å². The molecule has 0 radical (unpaired) electrons. The monoisotopic (exact) mass is 398 g/mol. The van der Waals surface area contributed by atoms with E-state index < -0.39 is 6.10 Å². The molecule has 6 nitrogen and oxygen atoms in total. The van der Waals surface area contributed by atoms with E-state index in [-0.39, 0.29) is 11.8 Å². The van der Waals surface area contributed by atoms with E-state index in [1.807, 2.05) is 26.8 Å². The van der Waals surface area contributed by atoms with Crippen LogP contribution >= 0.6 is 0 Å². The standard InChI is InChI=1S/C23H30N2O4/c1-15-13-16(2)17(3)21(14-15)29-18(4)22(26)25-20-10-7-6-9-19(20)23(27)24-11-8-12-28-5/h6-7,9-10,13-14,18H,8,11-12H2,1-5H3,(H,24,27)(H,25,26)/t18-/m1/s1. The van der Waals surface area contributed by atoms with Gasteiger partial charge in [-0.2, -0.15) is 0 Å². The summed E-state index contributed by atoms with van der Waals surface area (Å²) in [5.74, 6) is 0.133. The number of nitrogens with one attached hydrogen (secondary N) is 2. The average molecular weight is 399 g/mol. The highest BCUT2D eigenvalue weighted by molar-refractivity contribution is 6.04. The molecule has 2 rings (SSSR count). The molecule has 6 heteroatoms. The fraction of sp³-hybridized carbons (Fsp3) is 0.391. The zero-order valence-corrected chi connectivity index (χ0v) is 17.8. The van der Waals surface area contributed by atoms with Crippen molar-refractivity contribution in [2.75, 3.05) is 25.6 Å². The van der Waals surface area contributed by atoms with Crippen LogP contribution in [0.2, 0.25) is 0 Å². The first-order valence-corrected chi connectivity index (χ1v) is 9.75. The van der Waals surface area contributed by atoms with Crippen molar-refractivity contribution in [3.8, 4) is 5.75 Å². The van der Waals surface area contributed by atoms with Crippen molar-refractivity contribution >= 4 is 17.5 Å². The molecule has 0 saturated carbocycles. The van der Waals surface area contributed by atoms with Crippen LogP contribution in [0.5, 0.6) is 5.75 Å². The smallest absolute Gasteiger partial charge is 0.265 e. The van der Waals surface area contributed by atoms with Gasteiger partial charge in [-0.05, 0) is 69.0 Å². The lowest BCUT2D eigenvalue weighted by Crippen LogP contribution is -2.32. The Morgan fingerprint density at radius 2 is 1.83 bits per heavy atom. The summed E-state index contributed by atoms with van der Waals surface area (Å²) in [7, 11) is 1.62. The molecule has 0 fully saturated rings. The van der Waals surface area contributed by atoms with Crippen molar-refractivity contribution in [1.29, 1.82) is 0 Å². The number of hydrogen-bond donors (Lipinski definition) is 2. The van der Waals surface area contributed by atoms with Crippen molar-refractivity contribution < 1.29 is 19.1 Å². The first kappa shape index (κ1) is 22.4. The maximum atomic E-state index is 12.7. The van der Waals surface area contributed by atoms with Gasteiger partial charge in [0.2, 0.25) is 0 Å². The van der Waals surface area contributed by atoms with E-state index in [1.165, 1.54) is 0 Å². The highest BCUT2D eigenvalue weighted by Crippen LogP contribution is 2.25. The third-order valence-corrected chi connectivity index (χ3v) is 4.68. The van der Waals surface area contributed by atoms with Gasteiger partial charge >= 0.3 is 0 Å². The molecule has 0 aromatic heterocycles. The van der Waals surface area contributed by atoms with Crippen molar-refractivity contribution in [2.24, 2.45) is 0 Å². The zero-order valence-electron chi connectivity index (χ0n) is 17.8. The van der Waals surface area contributed by atoms with E-state index in [0.29, 0.717) is 30.2 Å². The van der Waals surface area contributed by atoms with Crippen molar-refractivity contribution in [2.45, 2.75) is 40.2 Å². The van der Waals surface area contributed by atoms with Crippen LogP contribution in [0.4, 0.5) is 5.69 Å². The largest absolute Gasteiger partial charge is 0.481 e. The molecule has 0 bridgehead atoms. The van der Waals surface area contributed by atoms with Crippen LogP contribution < -0.4 is 15.4 Å². The first-order chi connectivity index (χ1) is 13.8. The van der Waals surface area contributed by atoms with Crippen LogP contribution in [0.15, 0.2) is 36.4 Å². The van der Waals surface area contributed by atoms with Crippen LogP contribution in [-0.4, -0.2) is 38.2 Å². The third-order valence-electron chi connectivity index (χ3n) is 4.68. The molecule has 0 unspecified atom stereocenters. The summed E-state index contributed by atoms with van der Waals surface area (Å²) in [5, 5.41) is 5.65. The number of carbonyl (C=O) groups is 2. The molecule has 0 spiro atoms. The van der Waals surface area contributed by atoms with Gasteiger partial charge in [-0.25, -0.2) is 0 Å². The molecule has 2 N–H and O–H groups in total. The number of carbonyl (C=O) groups excluding carboxylic acids is 2.